The first-order valence-electron chi connectivity index (χ1n) is 5.97. The molecular formula is C13H19FN2O. The molecule has 0 saturated heterocycles. The maximum absolute atomic E-state index is 13.2. The molecule has 94 valence electrons. The maximum Gasteiger partial charge on any atom is 0.125 e. The normalized spacial score (nSPS) is 15.5. The van der Waals surface area contributed by atoms with Gasteiger partial charge in [-0.3, -0.25) is 4.90 Å². The minimum atomic E-state index is -0.262. The second-order valence-corrected chi connectivity index (χ2v) is 4.59. The Morgan fingerprint density at radius 1 is 1.41 bits per heavy atom. The van der Waals surface area contributed by atoms with Gasteiger partial charge in [-0.05, 0) is 36.6 Å². The highest BCUT2D eigenvalue weighted by Gasteiger charge is 2.28. The van der Waals surface area contributed by atoms with Gasteiger partial charge in [0.2, 0.25) is 0 Å². The average molecular weight is 238 g/mol. The van der Waals surface area contributed by atoms with E-state index in [2.05, 4.69) is 4.90 Å². The third kappa shape index (κ3) is 3.68. The highest BCUT2D eigenvalue weighted by atomic mass is 19.1. The SMILES string of the molecule is COCCN(Cc1cc(N)cc(F)c1)C1CC1. The first-order valence-corrected chi connectivity index (χ1v) is 5.97. The van der Waals surface area contributed by atoms with Crippen LogP contribution in [0.15, 0.2) is 18.2 Å². The van der Waals surface area contributed by atoms with E-state index in [1.807, 2.05) is 6.07 Å². The lowest BCUT2D eigenvalue weighted by Crippen LogP contribution is -2.29. The van der Waals surface area contributed by atoms with Gasteiger partial charge in [-0.1, -0.05) is 0 Å². The van der Waals surface area contributed by atoms with Crippen molar-refractivity contribution in [2.24, 2.45) is 0 Å². The number of ether oxygens (including phenoxy) is 1. The van der Waals surface area contributed by atoms with Gasteiger partial charge < -0.3 is 10.5 Å². The number of nitrogen functional groups attached to an aromatic ring is 1. The molecule has 0 radical (unpaired) electrons. The van der Waals surface area contributed by atoms with Gasteiger partial charge >= 0.3 is 0 Å². The zero-order valence-electron chi connectivity index (χ0n) is 10.2. The monoisotopic (exact) mass is 238 g/mol. The van der Waals surface area contributed by atoms with E-state index in [0.29, 0.717) is 18.3 Å². The molecule has 1 aliphatic carbocycles. The number of rotatable bonds is 6. The molecule has 0 spiro atoms. The van der Waals surface area contributed by atoms with E-state index in [1.165, 1.54) is 18.9 Å². The maximum atomic E-state index is 13.2. The zero-order valence-corrected chi connectivity index (χ0v) is 10.2. The van der Waals surface area contributed by atoms with Gasteiger partial charge in [0.05, 0.1) is 6.61 Å². The molecule has 0 unspecified atom stereocenters. The molecule has 4 heteroatoms. The Balaban J connectivity index is 2.00. The summed E-state index contributed by atoms with van der Waals surface area (Å²) >= 11 is 0. The third-order valence-electron chi connectivity index (χ3n) is 3.01. The largest absolute Gasteiger partial charge is 0.399 e. The predicted molar refractivity (Wildman–Crippen MR) is 66.1 cm³/mol. The molecule has 0 bridgehead atoms. The number of methoxy groups -OCH3 is 1. The smallest absolute Gasteiger partial charge is 0.125 e. The second kappa shape index (κ2) is 5.47. The van der Waals surface area contributed by atoms with E-state index in [0.717, 1.165) is 18.7 Å². The molecule has 0 aliphatic heterocycles. The number of hydrogen-bond acceptors (Lipinski definition) is 3. The molecule has 2 N–H and O–H groups in total. The van der Waals surface area contributed by atoms with E-state index in [1.54, 1.807) is 13.2 Å². The van der Waals surface area contributed by atoms with Crippen molar-refractivity contribution >= 4 is 5.69 Å². The van der Waals surface area contributed by atoms with Crippen LogP contribution in [0.4, 0.5) is 10.1 Å². The van der Waals surface area contributed by atoms with Crippen molar-refractivity contribution < 1.29 is 9.13 Å². The zero-order chi connectivity index (χ0) is 12.3. The number of anilines is 1. The Hall–Kier alpha value is -1.13. The molecule has 1 aliphatic rings. The second-order valence-electron chi connectivity index (χ2n) is 4.59. The van der Waals surface area contributed by atoms with Crippen LogP contribution in [-0.2, 0) is 11.3 Å². The van der Waals surface area contributed by atoms with Gasteiger partial charge in [0.15, 0.2) is 0 Å². The van der Waals surface area contributed by atoms with Crippen molar-refractivity contribution in [3.05, 3.63) is 29.6 Å². The van der Waals surface area contributed by atoms with E-state index in [-0.39, 0.29) is 5.82 Å². The molecule has 1 aromatic rings. The molecule has 1 saturated carbocycles. The fourth-order valence-electron chi connectivity index (χ4n) is 2.04. The van der Waals surface area contributed by atoms with Crippen LogP contribution in [0.3, 0.4) is 0 Å². The Morgan fingerprint density at radius 2 is 2.18 bits per heavy atom. The minimum Gasteiger partial charge on any atom is -0.399 e. The lowest BCUT2D eigenvalue weighted by atomic mass is 10.2. The number of benzene rings is 1. The van der Waals surface area contributed by atoms with Gasteiger partial charge in [-0.15, -0.1) is 0 Å². The van der Waals surface area contributed by atoms with E-state index in [4.69, 9.17) is 10.5 Å². The van der Waals surface area contributed by atoms with Crippen molar-refractivity contribution in [1.29, 1.82) is 0 Å². The molecule has 2 rings (SSSR count). The molecule has 3 nitrogen and oxygen atoms in total. The molecule has 0 atom stereocenters. The number of hydrogen-bond donors (Lipinski definition) is 1. The Kier molecular flexibility index (Phi) is 3.97. The molecule has 0 aromatic heterocycles. The first-order chi connectivity index (χ1) is 8.19. The van der Waals surface area contributed by atoms with Crippen molar-refractivity contribution in [3.63, 3.8) is 0 Å². The molecular weight excluding hydrogens is 219 g/mol. The van der Waals surface area contributed by atoms with Crippen LogP contribution in [-0.4, -0.2) is 31.2 Å². The molecule has 17 heavy (non-hydrogen) atoms. The van der Waals surface area contributed by atoms with E-state index >= 15 is 0 Å². The summed E-state index contributed by atoms with van der Waals surface area (Å²) in [6.07, 6.45) is 2.46. The first kappa shape index (κ1) is 12.3. The number of nitrogens with two attached hydrogens (primary N) is 1. The Bertz CT molecular complexity index is 359. The van der Waals surface area contributed by atoms with Crippen LogP contribution in [0.5, 0.6) is 0 Å². The van der Waals surface area contributed by atoms with Gasteiger partial charge in [0.1, 0.15) is 5.82 Å². The fourth-order valence-corrected chi connectivity index (χ4v) is 2.04. The summed E-state index contributed by atoms with van der Waals surface area (Å²) in [7, 11) is 1.70. The van der Waals surface area contributed by atoms with Gasteiger partial charge in [0, 0.05) is 31.9 Å². The molecule has 0 amide bonds. The fraction of sp³-hybridized carbons (Fsp3) is 0.538. The van der Waals surface area contributed by atoms with Crippen molar-refractivity contribution in [1.82, 2.24) is 4.90 Å². The van der Waals surface area contributed by atoms with Crippen LogP contribution in [0.1, 0.15) is 18.4 Å². The van der Waals surface area contributed by atoms with Crippen LogP contribution in [0.2, 0.25) is 0 Å². The molecule has 1 fully saturated rings. The molecule has 0 heterocycles. The molecule has 1 aromatic carbocycles. The third-order valence-corrected chi connectivity index (χ3v) is 3.01. The standard InChI is InChI=1S/C13H19FN2O/c1-17-5-4-16(13-2-3-13)9-10-6-11(14)8-12(15)7-10/h6-8,13H,2-5,9,15H2,1H3. The van der Waals surface area contributed by atoms with Crippen LogP contribution < -0.4 is 5.73 Å². The van der Waals surface area contributed by atoms with E-state index < -0.39 is 0 Å². The van der Waals surface area contributed by atoms with Gasteiger partial charge in [-0.25, -0.2) is 4.39 Å². The summed E-state index contributed by atoms with van der Waals surface area (Å²) in [5.41, 5.74) is 7.07. The number of nitrogens with zero attached hydrogens (tertiary/aromatic N) is 1. The highest BCUT2D eigenvalue weighted by molar-refractivity contribution is 5.41. The minimum absolute atomic E-state index is 0.262. The highest BCUT2D eigenvalue weighted by Crippen LogP contribution is 2.28. The van der Waals surface area contributed by atoms with Crippen LogP contribution in [0, 0.1) is 5.82 Å². The summed E-state index contributed by atoms with van der Waals surface area (Å²) < 4.78 is 18.3. The van der Waals surface area contributed by atoms with Crippen molar-refractivity contribution in [3.8, 4) is 0 Å². The van der Waals surface area contributed by atoms with Gasteiger partial charge in [0.25, 0.3) is 0 Å². The van der Waals surface area contributed by atoms with Crippen LogP contribution >= 0.6 is 0 Å². The number of halogens is 1. The quantitative estimate of drug-likeness (QED) is 0.771. The average Bonchev–Trinajstić information content (AvgIpc) is 3.06. The summed E-state index contributed by atoms with van der Waals surface area (Å²) in [4.78, 5) is 2.33. The summed E-state index contributed by atoms with van der Waals surface area (Å²) in [6.45, 7) is 2.34. The Labute approximate surface area is 101 Å². The topological polar surface area (TPSA) is 38.5 Å². The summed E-state index contributed by atoms with van der Waals surface area (Å²) in [5.74, 6) is -0.262. The summed E-state index contributed by atoms with van der Waals surface area (Å²) in [5, 5.41) is 0. The van der Waals surface area contributed by atoms with Gasteiger partial charge in [-0.2, -0.15) is 0 Å². The predicted octanol–water partition coefficient (Wildman–Crippen LogP) is 2.02. The van der Waals surface area contributed by atoms with Crippen molar-refractivity contribution in [2.45, 2.75) is 25.4 Å². The lowest BCUT2D eigenvalue weighted by molar-refractivity contribution is 0.139. The Morgan fingerprint density at radius 3 is 2.76 bits per heavy atom. The van der Waals surface area contributed by atoms with Crippen LogP contribution in [0.25, 0.3) is 0 Å². The van der Waals surface area contributed by atoms with Crippen molar-refractivity contribution in [2.75, 3.05) is 26.0 Å². The summed E-state index contributed by atoms with van der Waals surface area (Å²) in [6, 6.07) is 5.37. The van der Waals surface area contributed by atoms with E-state index in [9.17, 15) is 4.39 Å². The lowest BCUT2D eigenvalue weighted by Gasteiger charge is -2.21.